The van der Waals surface area contributed by atoms with E-state index in [0.717, 1.165) is 31.4 Å². The molecule has 0 bridgehead atoms. The van der Waals surface area contributed by atoms with Gasteiger partial charge in [-0.2, -0.15) is 0 Å². The first-order valence-electron chi connectivity index (χ1n) is 7.50. The number of nitrogens with zero attached hydrogens (tertiary/aromatic N) is 1. The number of allylic oxidation sites excluding steroid dienone is 3. The molecule has 0 aliphatic rings. The monoisotopic (exact) mass is 289 g/mol. The van der Waals surface area contributed by atoms with Gasteiger partial charge in [0.1, 0.15) is 5.82 Å². The first-order valence-corrected chi connectivity index (χ1v) is 7.50. The zero-order valence-corrected chi connectivity index (χ0v) is 12.9. The van der Waals surface area contributed by atoms with Crippen LogP contribution in [0.25, 0.3) is 0 Å². The molecule has 0 N–H and O–H groups in total. The summed E-state index contributed by atoms with van der Waals surface area (Å²) in [5.41, 5.74) is 0.945. The fourth-order valence-corrected chi connectivity index (χ4v) is 1.98. The Morgan fingerprint density at radius 2 is 1.90 bits per heavy atom. The van der Waals surface area contributed by atoms with Crippen LogP contribution in [0, 0.1) is 5.82 Å². The van der Waals surface area contributed by atoms with Crippen LogP contribution in [-0.4, -0.2) is 17.4 Å². The Kier molecular flexibility index (Phi) is 8.10. The molecule has 0 spiro atoms. The van der Waals surface area contributed by atoms with E-state index in [4.69, 9.17) is 0 Å². The van der Waals surface area contributed by atoms with Crippen molar-refractivity contribution in [2.75, 3.05) is 6.54 Å². The molecule has 0 aliphatic carbocycles. The van der Waals surface area contributed by atoms with Crippen LogP contribution in [0.5, 0.6) is 0 Å². The molecule has 1 aromatic rings. The van der Waals surface area contributed by atoms with Gasteiger partial charge in [-0.3, -0.25) is 4.79 Å². The molecule has 0 fully saturated rings. The molecule has 0 aliphatic heterocycles. The third kappa shape index (κ3) is 6.89. The van der Waals surface area contributed by atoms with E-state index in [1.807, 2.05) is 24.0 Å². The molecular formula is C18H24FNO. The summed E-state index contributed by atoms with van der Waals surface area (Å²) in [5.74, 6) is -0.260. The van der Waals surface area contributed by atoms with E-state index in [-0.39, 0.29) is 11.7 Å². The van der Waals surface area contributed by atoms with Crippen molar-refractivity contribution in [2.24, 2.45) is 0 Å². The van der Waals surface area contributed by atoms with E-state index in [0.29, 0.717) is 6.54 Å². The molecule has 0 saturated heterocycles. The van der Waals surface area contributed by atoms with Crippen LogP contribution in [0.3, 0.4) is 0 Å². The van der Waals surface area contributed by atoms with Crippen LogP contribution in [-0.2, 0) is 11.3 Å². The fourth-order valence-electron chi connectivity index (χ4n) is 1.98. The minimum absolute atomic E-state index is 0.00599. The second-order valence-corrected chi connectivity index (χ2v) is 4.98. The van der Waals surface area contributed by atoms with Gasteiger partial charge in [-0.05, 0) is 31.0 Å². The zero-order chi connectivity index (χ0) is 15.5. The molecule has 0 heterocycles. The van der Waals surface area contributed by atoms with Crippen molar-refractivity contribution in [1.29, 1.82) is 0 Å². The maximum atomic E-state index is 12.9. The highest BCUT2D eigenvalue weighted by atomic mass is 19.1. The van der Waals surface area contributed by atoms with Gasteiger partial charge in [-0.15, -0.1) is 0 Å². The molecule has 0 radical (unpaired) electrons. The summed E-state index contributed by atoms with van der Waals surface area (Å²) in [6.45, 7) is 5.29. The average Bonchev–Trinajstić information content (AvgIpc) is 2.48. The summed E-state index contributed by atoms with van der Waals surface area (Å²) in [6.07, 6.45) is 10.3. The third-order valence-electron chi connectivity index (χ3n) is 3.17. The first-order chi connectivity index (χ1) is 10.2. The Morgan fingerprint density at radius 3 is 2.52 bits per heavy atom. The van der Waals surface area contributed by atoms with Crippen molar-refractivity contribution in [3.63, 3.8) is 0 Å². The van der Waals surface area contributed by atoms with Crippen LogP contribution < -0.4 is 0 Å². The predicted molar refractivity (Wildman–Crippen MR) is 85.3 cm³/mol. The van der Waals surface area contributed by atoms with Gasteiger partial charge in [-0.1, -0.05) is 50.1 Å². The summed E-state index contributed by atoms with van der Waals surface area (Å²) in [5, 5.41) is 0. The molecule has 3 heteroatoms. The number of benzene rings is 1. The standard InChI is InChI=1S/C18H24FNO/c1-3-5-7-9-18(21)20(14-8-6-4-2)15-16-10-12-17(19)13-11-16/h3,5,7,9-13H,4,6,8,14-15H2,1-2H3/b5-3+,9-7+. The van der Waals surface area contributed by atoms with E-state index in [1.165, 1.54) is 12.1 Å². The van der Waals surface area contributed by atoms with E-state index in [2.05, 4.69) is 6.92 Å². The molecule has 0 unspecified atom stereocenters. The number of halogens is 1. The highest BCUT2D eigenvalue weighted by Crippen LogP contribution is 2.09. The number of carbonyl (C=O) groups excluding carboxylic acids is 1. The predicted octanol–water partition coefficient (Wildman–Crippen LogP) is 4.48. The van der Waals surface area contributed by atoms with Gasteiger partial charge in [0.15, 0.2) is 0 Å². The smallest absolute Gasteiger partial charge is 0.246 e. The van der Waals surface area contributed by atoms with Gasteiger partial charge in [-0.25, -0.2) is 4.39 Å². The van der Waals surface area contributed by atoms with Crippen molar-refractivity contribution in [1.82, 2.24) is 4.90 Å². The Morgan fingerprint density at radius 1 is 1.19 bits per heavy atom. The quantitative estimate of drug-likeness (QED) is 0.392. The lowest BCUT2D eigenvalue weighted by Crippen LogP contribution is -2.30. The van der Waals surface area contributed by atoms with Crippen LogP contribution in [0.4, 0.5) is 4.39 Å². The normalized spacial score (nSPS) is 11.4. The van der Waals surface area contributed by atoms with Crippen molar-refractivity contribution in [2.45, 2.75) is 39.7 Å². The zero-order valence-electron chi connectivity index (χ0n) is 12.9. The van der Waals surface area contributed by atoms with Gasteiger partial charge in [0.2, 0.25) is 5.91 Å². The molecule has 0 aromatic heterocycles. The Bertz CT molecular complexity index is 476. The van der Waals surface area contributed by atoms with Crippen LogP contribution in [0.2, 0.25) is 0 Å². The molecule has 1 amide bonds. The van der Waals surface area contributed by atoms with Crippen LogP contribution in [0.1, 0.15) is 38.7 Å². The number of hydrogen-bond donors (Lipinski definition) is 0. The van der Waals surface area contributed by atoms with Gasteiger partial charge in [0, 0.05) is 19.2 Å². The van der Waals surface area contributed by atoms with E-state index in [1.54, 1.807) is 24.3 Å². The van der Waals surface area contributed by atoms with Crippen LogP contribution >= 0.6 is 0 Å². The molecule has 1 rings (SSSR count). The number of rotatable bonds is 8. The fraction of sp³-hybridized carbons (Fsp3) is 0.389. The Hall–Kier alpha value is -1.90. The highest BCUT2D eigenvalue weighted by molar-refractivity contribution is 5.87. The third-order valence-corrected chi connectivity index (χ3v) is 3.17. The number of amides is 1. The van der Waals surface area contributed by atoms with Gasteiger partial charge < -0.3 is 4.90 Å². The second kappa shape index (κ2) is 9.92. The lowest BCUT2D eigenvalue weighted by Gasteiger charge is -2.21. The van der Waals surface area contributed by atoms with Gasteiger partial charge in [0.25, 0.3) is 0 Å². The largest absolute Gasteiger partial charge is 0.335 e. The second-order valence-electron chi connectivity index (χ2n) is 4.98. The Balaban J connectivity index is 2.70. The highest BCUT2D eigenvalue weighted by Gasteiger charge is 2.10. The lowest BCUT2D eigenvalue weighted by molar-refractivity contribution is -0.126. The number of unbranched alkanes of at least 4 members (excludes halogenated alkanes) is 2. The van der Waals surface area contributed by atoms with E-state index in [9.17, 15) is 9.18 Å². The average molecular weight is 289 g/mol. The van der Waals surface area contributed by atoms with Crippen LogP contribution in [0.15, 0.2) is 48.6 Å². The minimum Gasteiger partial charge on any atom is -0.335 e. The molecule has 21 heavy (non-hydrogen) atoms. The first kappa shape index (κ1) is 17.2. The molecule has 2 nitrogen and oxygen atoms in total. The number of carbonyl (C=O) groups is 1. The summed E-state index contributed by atoms with van der Waals surface area (Å²) in [6, 6.07) is 6.32. The van der Waals surface area contributed by atoms with Gasteiger partial charge in [0.05, 0.1) is 0 Å². The van der Waals surface area contributed by atoms with Crippen molar-refractivity contribution < 1.29 is 9.18 Å². The van der Waals surface area contributed by atoms with E-state index < -0.39 is 0 Å². The summed E-state index contributed by atoms with van der Waals surface area (Å²) in [7, 11) is 0. The topological polar surface area (TPSA) is 20.3 Å². The van der Waals surface area contributed by atoms with Crippen molar-refractivity contribution >= 4 is 5.91 Å². The Labute approximate surface area is 127 Å². The molecule has 0 atom stereocenters. The minimum atomic E-state index is -0.254. The molecule has 1 aromatic carbocycles. The van der Waals surface area contributed by atoms with Crippen molar-refractivity contribution in [3.05, 3.63) is 60.0 Å². The maximum Gasteiger partial charge on any atom is 0.246 e. The molecule has 114 valence electrons. The number of hydrogen-bond acceptors (Lipinski definition) is 1. The summed E-state index contributed by atoms with van der Waals surface area (Å²) >= 11 is 0. The van der Waals surface area contributed by atoms with E-state index >= 15 is 0 Å². The SMILES string of the molecule is C/C=C/C=C/C(=O)N(CCCCC)Cc1ccc(F)cc1. The lowest BCUT2D eigenvalue weighted by atomic mass is 10.2. The maximum absolute atomic E-state index is 12.9. The summed E-state index contributed by atoms with van der Waals surface area (Å²) < 4.78 is 12.9. The molecular weight excluding hydrogens is 265 g/mol. The van der Waals surface area contributed by atoms with Crippen molar-refractivity contribution in [3.8, 4) is 0 Å². The van der Waals surface area contributed by atoms with Gasteiger partial charge >= 0.3 is 0 Å². The molecule has 0 saturated carbocycles. The summed E-state index contributed by atoms with van der Waals surface area (Å²) in [4.78, 5) is 14.0.